The molecule has 0 spiro atoms. The molecule has 5 nitrogen and oxygen atoms in total. The number of hydrogen-bond acceptors (Lipinski definition) is 3. The highest BCUT2D eigenvalue weighted by atomic mass is 16.4. The van der Waals surface area contributed by atoms with Crippen molar-refractivity contribution in [2.45, 2.75) is 19.4 Å². The van der Waals surface area contributed by atoms with Crippen LogP contribution in [0.2, 0.25) is 0 Å². The molecule has 0 atom stereocenters. The van der Waals surface area contributed by atoms with Gasteiger partial charge in [-0.1, -0.05) is 6.07 Å². The second kappa shape index (κ2) is 3.23. The van der Waals surface area contributed by atoms with E-state index in [9.17, 15) is 9.59 Å². The van der Waals surface area contributed by atoms with E-state index in [1.54, 1.807) is 26.0 Å². The van der Waals surface area contributed by atoms with Crippen molar-refractivity contribution in [3.63, 3.8) is 0 Å². The van der Waals surface area contributed by atoms with Gasteiger partial charge in [-0.15, -0.1) is 0 Å². The molecule has 0 bridgehead atoms. The van der Waals surface area contributed by atoms with Gasteiger partial charge in [0.05, 0.1) is 16.9 Å². The number of amides is 1. The van der Waals surface area contributed by atoms with Crippen molar-refractivity contribution in [2.75, 3.05) is 10.6 Å². The molecular formula is C11H12N2O3. The van der Waals surface area contributed by atoms with Crippen molar-refractivity contribution in [3.8, 4) is 0 Å². The van der Waals surface area contributed by atoms with Crippen LogP contribution in [0.1, 0.15) is 24.2 Å². The Labute approximate surface area is 92.5 Å². The van der Waals surface area contributed by atoms with Crippen molar-refractivity contribution in [1.82, 2.24) is 0 Å². The second-order valence-corrected chi connectivity index (χ2v) is 4.24. The third-order valence-electron chi connectivity index (χ3n) is 2.55. The largest absolute Gasteiger partial charge is 0.478 e. The average Bonchev–Trinajstić information content (AvgIpc) is 2.18. The van der Waals surface area contributed by atoms with E-state index in [0.29, 0.717) is 11.4 Å². The zero-order valence-corrected chi connectivity index (χ0v) is 9.00. The lowest BCUT2D eigenvalue weighted by molar-refractivity contribution is -0.119. The Bertz CT molecular complexity index is 480. The number of anilines is 2. The van der Waals surface area contributed by atoms with Gasteiger partial charge in [-0.3, -0.25) is 4.79 Å². The third-order valence-corrected chi connectivity index (χ3v) is 2.55. The minimum absolute atomic E-state index is 0.0915. The molecule has 1 amide bonds. The number of aromatic carboxylic acids is 1. The summed E-state index contributed by atoms with van der Waals surface area (Å²) in [6.45, 7) is 3.47. The highest BCUT2D eigenvalue weighted by molar-refractivity contribution is 6.10. The average molecular weight is 220 g/mol. The van der Waals surface area contributed by atoms with Gasteiger partial charge in [0.2, 0.25) is 5.91 Å². The maximum Gasteiger partial charge on any atom is 0.337 e. The maximum absolute atomic E-state index is 11.7. The van der Waals surface area contributed by atoms with Gasteiger partial charge in [-0.25, -0.2) is 4.79 Å². The molecule has 3 N–H and O–H groups in total. The molecule has 1 aliphatic rings. The van der Waals surface area contributed by atoms with Crippen molar-refractivity contribution in [2.24, 2.45) is 0 Å². The Morgan fingerprint density at radius 1 is 1.38 bits per heavy atom. The minimum atomic E-state index is -1.06. The molecule has 2 rings (SSSR count). The van der Waals surface area contributed by atoms with Crippen LogP contribution in [0.15, 0.2) is 18.2 Å². The summed E-state index contributed by atoms with van der Waals surface area (Å²) in [5.74, 6) is -1.30. The van der Waals surface area contributed by atoms with Crippen molar-refractivity contribution < 1.29 is 14.7 Å². The van der Waals surface area contributed by atoms with Gasteiger partial charge < -0.3 is 15.7 Å². The number of carbonyl (C=O) groups is 2. The van der Waals surface area contributed by atoms with Crippen LogP contribution in [0.4, 0.5) is 11.4 Å². The summed E-state index contributed by atoms with van der Waals surface area (Å²) >= 11 is 0. The zero-order chi connectivity index (χ0) is 11.9. The van der Waals surface area contributed by atoms with Gasteiger partial charge in [0.25, 0.3) is 0 Å². The molecule has 84 valence electrons. The van der Waals surface area contributed by atoms with E-state index in [-0.39, 0.29) is 11.5 Å². The highest BCUT2D eigenvalue weighted by Gasteiger charge is 2.34. The normalized spacial score (nSPS) is 17.0. The number of benzene rings is 1. The molecule has 1 aromatic carbocycles. The fourth-order valence-corrected chi connectivity index (χ4v) is 1.63. The molecule has 1 aliphatic heterocycles. The molecule has 0 fully saturated rings. The monoisotopic (exact) mass is 220 g/mol. The van der Waals surface area contributed by atoms with E-state index in [1.165, 1.54) is 6.07 Å². The summed E-state index contributed by atoms with van der Waals surface area (Å²) in [5, 5.41) is 14.6. The van der Waals surface area contributed by atoms with E-state index in [2.05, 4.69) is 10.6 Å². The van der Waals surface area contributed by atoms with E-state index >= 15 is 0 Å². The molecule has 5 heteroatoms. The number of carboxylic acid groups (broad SMARTS) is 1. The smallest absolute Gasteiger partial charge is 0.337 e. The van der Waals surface area contributed by atoms with E-state index in [0.717, 1.165) is 0 Å². The molecule has 0 aliphatic carbocycles. The van der Waals surface area contributed by atoms with Crippen LogP contribution in [-0.4, -0.2) is 22.5 Å². The van der Waals surface area contributed by atoms with Gasteiger partial charge in [-0.2, -0.15) is 0 Å². The van der Waals surface area contributed by atoms with Gasteiger partial charge in [-0.05, 0) is 26.0 Å². The van der Waals surface area contributed by atoms with Gasteiger partial charge in [0, 0.05) is 0 Å². The Hall–Kier alpha value is -2.04. The Morgan fingerprint density at radius 2 is 2.06 bits per heavy atom. The van der Waals surface area contributed by atoms with Crippen LogP contribution in [0.3, 0.4) is 0 Å². The molecule has 1 heterocycles. The Balaban J connectivity index is 2.55. The van der Waals surface area contributed by atoms with Crippen LogP contribution in [-0.2, 0) is 4.79 Å². The summed E-state index contributed by atoms with van der Waals surface area (Å²) in [7, 11) is 0. The molecular weight excluding hydrogens is 208 g/mol. The third kappa shape index (κ3) is 1.50. The topological polar surface area (TPSA) is 78.4 Å². The first kappa shape index (κ1) is 10.5. The van der Waals surface area contributed by atoms with Crippen LogP contribution in [0.25, 0.3) is 0 Å². The lowest BCUT2D eigenvalue weighted by atomic mass is 9.98. The zero-order valence-electron chi connectivity index (χ0n) is 9.00. The first-order chi connectivity index (χ1) is 7.42. The number of nitrogens with one attached hydrogen (secondary N) is 2. The highest BCUT2D eigenvalue weighted by Crippen LogP contribution is 2.33. The van der Waals surface area contributed by atoms with Crippen LogP contribution in [0.5, 0.6) is 0 Å². The van der Waals surface area contributed by atoms with Crippen LogP contribution < -0.4 is 10.6 Å². The first-order valence-corrected chi connectivity index (χ1v) is 4.88. The van der Waals surface area contributed by atoms with E-state index in [4.69, 9.17) is 5.11 Å². The van der Waals surface area contributed by atoms with Gasteiger partial charge in [0.15, 0.2) is 0 Å². The molecule has 16 heavy (non-hydrogen) atoms. The number of carboxylic acids is 1. The SMILES string of the molecule is CC1(C)Nc2cccc(C(=O)O)c2NC1=O. The number of carbonyl (C=O) groups excluding carboxylic acids is 1. The summed E-state index contributed by atoms with van der Waals surface area (Å²) in [6.07, 6.45) is 0. The predicted molar refractivity (Wildman–Crippen MR) is 59.7 cm³/mol. The number of rotatable bonds is 1. The second-order valence-electron chi connectivity index (χ2n) is 4.24. The van der Waals surface area contributed by atoms with Crippen molar-refractivity contribution in [3.05, 3.63) is 23.8 Å². The Morgan fingerprint density at radius 3 is 2.69 bits per heavy atom. The quantitative estimate of drug-likeness (QED) is 0.670. The first-order valence-electron chi connectivity index (χ1n) is 4.88. The molecule has 0 radical (unpaired) electrons. The molecule has 0 saturated carbocycles. The van der Waals surface area contributed by atoms with Crippen LogP contribution >= 0.6 is 0 Å². The molecule has 0 unspecified atom stereocenters. The van der Waals surface area contributed by atoms with E-state index in [1.807, 2.05) is 0 Å². The fraction of sp³-hybridized carbons (Fsp3) is 0.273. The lowest BCUT2D eigenvalue weighted by Gasteiger charge is -2.33. The number of hydrogen-bond donors (Lipinski definition) is 3. The fourth-order valence-electron chi connectivity index (χ4n) is 1.63. The predicted octanol–water partition coefficient (Wildman–Crippen LogP) is 1.53. The van der Waals surface area contributed by atoms with Crippen LogP contribution in [0, 0.1) is 0 Å². The standard InChI is InChI=1S/C11H12N2O3/c1-11(2)10(16)12-8-6(9(14)15)4-3-5-7(8)13-11/h3-5,13H,1-2H3,(H,12,16)(H,14,15). The summed E-state index contributed by atoms with van der Waals surface area (Å²) in [5.41, 5.74) is 0.321. The summed E-state index contributed by atoms with van der Waals surface area (Å²) < 4.78 is 0. The maximum atomic E-state index is 11.7. The summed E-state index contributed by atoms with van der Waals surface area (Å²) in [6, 6.07) is 4.84. The van der Waals surface area contributed by atoms with Gasteiger partial charge in [0.1, 0.15) is 5.54 Å². The number of fused-ring (bicyclic) bond motifs is 1. The molecule has 1 aromatic rings. The number of para-hydroxylation sites is 1. The van der Waals surface area contributed by atoms with Crippen molar-refractivity contribution in [1.29, 1.82) is 0 Å². The van der Waals surface area contributed by atoms with Gasteiger partial charge >= 0.3 is 5.97 Å². The lowest BCUT2D eigenvalue weighted by Crippen LogP contribution is -2.47. The minimum Gasteiger partial charge on any atom is -0.478 e. The molecule has 0 aromatic heterocycles. The van der Waals surface area contributed by atoms with Crippen molar-refractivity contribution >= 4 is 23.3 Å². The van der Waals surface area contributed by atoms with E-state index < -0.39 is 11.5 Å². The molecule has 0 saturated heterocycles. The summed E-state index contributed by atoms with van der Waals surface area (Å²) in [4.78, 5) is 22.6. The Kier molecular flexibility index (Phi) is 2.11.